The second-order valence-corrected chi connectivity index (χ2v) is 3.65. The summed E-state index contributed by atoms with van der Waals surface area (Å²) in [5, 5.41) is 0. The number of halogens is 3. The standard InChI is InChI=1S/C8H13F3/c1-5(2)7(6-3-4-6)8(9,10)11/h5-7H,3-4H2,1-2H3/t7-/m1/s1. The van der Waals surface area contributed by atoms with Gasteiger partial charge in [-0.1, -0.05) is 13.8 Å². The Kier molecular flexibility index (Phi) is 2.17. The first-order valence-electron chi connectivity index (χ1n) is 3.99. The van der Waals surface area contributed by atoms with Gasteiger partial charge < -0.3 is 0 Å². The van der Waals surface area contributed by atoms with Crippen LogP contribution in [0.2, 0.25) is 0 Å². The molecule has 11 heavy (non-hydrogen) atoms. The molecule has 1 saturated carbocycles. The highest BCUT2D eigenvalue weighted by Gasteiger charge is 2.49. The molecule has 0 aromatic rings. The van der Waals surface area contributed by atoms with Crippen LogP contribution in [0.1, 0.15) is 26.7 Å². The average Bonchev–Trinajstić information content (AvgIpc) is 2.42. The second kappa shape index (κ2) is 2.68. The molecule has 0 radical (unpaired) electrons. The van der Waals surface area contributed by atoms with Gasteiger partial charge in [0.1, 0.15) is 0 Å². The molecule has 0 heterocycles. The molecular weight excluding hydrogens is 153 g/mol. The normalized spacial score (nSPS) is 22.4. The zero-order valence-corrected chi connectivity index (χ0v) is 6.78. The molecule has 1 aliphatic rings. The molecule has 3 heteroatoms. The maximum Gasteiger partial charge on any atom is 0.392 e. The summed E-state index contributed by atoms with van der Waals surface area (Å²) in [6.45, 7) is 3.30. The van der Waals surface area contributed by atoms with Crippen molar-refractivity contribution >= 4 is 0 Å². The topological polar surface area (TPSA) is 0 Å². The third-order valence-corrected chi connectivity index (χ3v) is 2.23. The molecule has 0 saturated heterocycles. The smallest absolute Gasteiger partial charge is 0.171 e. The van der Waals surface area contributed by atoms with Crippen molar-refractivity contribution in [1.29, 1.82) is 0 Å². The first kappa shape index (κ1) is 8.88. The van der Waals surface area contributed by atoms with Crippen molar-refractivity contribution in [2.24, 2.45) is 17.8 Å². The molecule has 0 nitrogen and oxygen atoms in total. The molecule has 0 amide bonds. The largest absolute Gasteiger partial charge is 0.392 e. The zero-order chi connectivity index (χ0) is 8.65. The Morgan fingerprint density at radius 2 is 1.64 bits per heavy atom. The summed E-state index contributed by atoms with van der Waals surface area (Å²) in [7, 11) is 0. The minimum Gasteiger partial charge on any atom is -0.171 e. The second-order valence-electron chi connectivity index (χ2n) is 3.65. The van der Waals surface area contributed by atoms with E-state index in [-0.39, 0.29) is 11.8 Å². The Hall–Kier alpha value is -0.210. The van der Waals surface area contributed by atoms with Gasteiger partial charge in [0.15, 0.2) is 0 Å². The Balaban J connectivity index is 2.58. The minimum absolute atomic E-state index is 0.0741. The van der Waals surface area contributed by atoms with E-state index in [1.54, 1.807) is 13.8 Å². The van der Waals surface area contributed by atoms with Crippen molar-refractivity contribution < 1.29 is 13.2 Å². The fourth-order valence-corrected chi connectivity index (χ4v) is 1.64. The van der Waals surface area contributed by atoms with Crippen LogP contribution in [0.5, 0.6) is 0 Å². The molecule has 1 aliphatic carbocycles. The summed E-state index contributed by atoms with van der Waals surface area (Å²) in [5.74, 6) is -1.39. The van der Waals surface area contributed by atoms with Gasteiger partial charge in [-0.3, -0.25) is 0 Å². The van der Waals surface area contributed by atoms with E-state index in [2.05, 4.69) is 0 Å². The molecule has 1 atom stereocenters. The lowest BCUT2D eigenvalue weighted by Crippen LogP contribution is -2.29. The summed E-state index contributed by atoms with van der Waals surface area (Å²) in [4.78, 5) is 0. The predicted octanol–water partition coefficient (Wildman–Crippen LogP) is 3.23. The molecule has 0 aromatic heterocycles. The van der Waals surface area contributed by atoms with Crippen LogP contribution in [0.15, 0.2) is 0 Å². The van der Waals surface area contributed by atoms with E-state index in [4.69, 9.17) is 0 Å². The lowest BCUT2D eigenvalue weighted by Gasteiger charge is -2.23. The molecule has 66 valence electrons. The summed E-state index contributed by atoms with van der Waals surface area (Å²) in [6, 6.07) is 0. The van der Waals surface area contributed by atoms with Gasteiger partial charge in [0, 0.05) is 0 Å². The van der Waals surface area contributed by atoms with E-state index in [0.717, 1.165) is 12.8 Å². The van der Waals surface area contributed by atoms with E-state index in [0.29, 0.717) is 0 Å². The first-order chi connectivity index (χ1) is 4.93. The van der Waals surface area contributed by atoms with E-state index in [9.17, 15) is 13.2 Å². The van der Waals surface area contributed by atoms with Gasteiger partial charge in [-0.05, 0) is 24.7 Å². The number of rotatable bonds is 2. The summed E-state index contributed by atoms with van der Waals surface area (Å²) < 4.78 is 36.8. The van der Waals surface area contributed by atoms with Crippen LogP contribution in [0, 0.1) is 17.8 Å². The van der Waals surface area contributed by atoms with Crippen LogP contribution < -0.4 is 0 Å². The minimum atomic E-state index is -3.98. The highest BCUT2D eigenvalue weighted by molar-refractivity contribution is 4.87. The van der Waals surface area contributed by atoms with Crippen LogP contribution in [0.25, 0.3) is 0 Å². The van der Waals surface area contributed by atoms with Gasteiger partial charge in [0.05, 0.1) is 5.92 Å². The van der Waals surface area contributed by atoms with E-state index in [1.165, 1.54) is 0 Å². The average molecular weight is 166 g/mol. The Morgan fingerprint density at radius 3 is 1.73 bits per heavy atom. The Morgan fingerprint density at radius 1 is 1.18 bits per heavy atom. The van der Waals surface area contributed by atoms with E-state index in [1.807, 2.05) is 0 Å². The molecule has 0 unspecified atom stereocenters. The van der Waals surface area contributed by atoms with Crippen molar-refractivity contribution in [3.8, 4) is 0 Å². The first-order valence-corrected chi connectivity index (χ1v) is 3.99. The van der Waals surface area contributed by atoms with Crippen LogP contribution in [0.3, 0.4) is 0 Å². The fraction of sp³-hybridized carbons (Fsp3) is 1.00. The zero-order valence-electron chi connectivity index (χ0n) is 6.78. The van der Waals surface area contributed by atoms with Crippen LogP contribution >= 0.6 is 0 Å². The lowest BCUT2D eigenvalue weighted by molar-refractivity contribution is -0.191. The summed E-state index contributed by atoms with van der Waals surface area (Å²) in [6.07, 6.45) is -2.44. The molecule has 0 N–H and O–H groups in total. The lowest BCUT2D eigenvalue weighted by atomic mass is 9.90. The highest BCUT2D eigenvalue weighted by Crippen LogP contribution is 2.48. The van der Waals surface area contributed by atoms with Crippen molar-refractivity contribution in [1.82, 2.24) is 0 Å². The monoisotopic (exact) mass is 166 g/mol. The molecule has 0 spiro atoms. The molecular formula is C8H13F3. The summed E-state index contributed by atoms with van der Waals surface area (Å²) in [5.41, 5.74) is 0. The Bertz CT molecular complexity index is 131. The number of hydrogen-bond donors (Lipinski definition) is 0. The molecule has 0 bridgehead atoms. The number of alkyl halides is 3. The third-order valence-electron chi connectivity index (χ3n) is 2.23. The maximum absolute atomic E-state index is 12.3. The van der Waals surface area contributed by atoms with Gasteiger partial charge in [0.25, 0.3) is 0 Å². The SMILES string of the molecule is CC(C)[C@H](C1CC1)C(F)(F)F. The van der Waals surface area contributed by atoms with Gasteiger partial charge in [-0.25, -0.2) is 0 Å². The van der Waals surface area contributed by atoms with Crippen LogP contribution in [-0.4, -0.2) is 6.18 Å². The highest BCUT2D eigenvalue weighted by atomic mass is 19.4. The van der Waals surface area contributed by atoms with Crippen molar-refractivity contribution in [2.75, 3.05) is 0 Å². The van der Waals surface area contributed by atoms with Gasteiger partial charge in [-0.2, -0.15) is 13.2 Å². The molecule has 0 aromatic carbocycles. The van der Waals surface area contributed by atoms with Gasteiger partial charge in [0.2, 0.25) is 0 Å². The Labute approximate surface area is 64.8 Å². The third kappa shape index (κ3) is 2.11. The summed E-state index contributed by atoms with van der Waals surface area (Å²) >= 11 is 0. The van der Waals surface area contributed by atoms with Crippen molar-refractivity contribution in [3.05, 3.63) is 0 Å². The number of hydrogen-bond acceptors (Lipinski definition) is 0. The van der Waals surface area contributed by atoms with E-state index < -0.39 is 12.1 Å². The quantitative estimate of drug-likeness (QED) is 0.590. The van der Waals surface area contributed by atoms with E-state index >= 15 is 0 Å². The van der Waals surface area contributed by atoms with Crippen LogP contribution in [0.4, 0.5) is 13.2 Å². The molecule has 0 aliphatic heterocycles. The predicted molar refractivity (Wildman–Crippen MR) is 37.1 cm³/mol. The fourth-order valence-electron chi connectivity index (χ4n) is 1.64. The van der Waals surface area contributed by atoms with Gasteiger partial charge in [-0.15, -0.1) is 0 Å². The maximum atomic E-state index is 12.3. The van der Waals surface area contributed by atoms with Crippen molar-refractivity contribution in [3.63, 3.8) is 0 Å². The van der Waals surface area contributed by atoms with Crippen molar-refractivity contribution in [2.45, 2.75) is 32.9 Å². The van der Waals surface area contributed by atoms with Crippen LogP contribution in [-0.2, 0) is 0 Å². The molecule has 1 fully saturated rings. The van der Waals surface area contributed by atoms with Gasteiger partial charge >= 0.3 is 6.18 Å². The molecule has 1 rings (SSSR count).